The van der Waals surface area contributed by atoms with Gasteiger partial charge in [-0.25, -0.2) is 0 Å². The van der Waals surface area contributed by atoms with Gasteiger partial charge < -0.3 is 10.5 Å². The molecule has 0 aromatic carbocycles. The van der Waals surface area contributed by atoms with E-state index < -0.39 is 6.04 Å². The van der Waals surface area contributed by atoms with E-state index in [2.05, 4.69) is 13.8 Å². The third-order valence-corrected chi connectivity index (χ3v) is 2.19. The highest BCUT2D eigenvalue weighted by atomic mass is 16.5. The minimum atomic E-state index is -0.436. The van der Waals surface area contributed by atoms with Gasteiger partial charge in [-0.05, 0) is 18.8 Å². The fourth-order valence-corrected chi connectivity index (χ4v) is 1.34. The standard InChI is InChI=1S/C11H23NO2/c1-4-6-9(3)8-14-11(13)10(12)7-5-2/h9-10H,4-8,12H2,1-3H3. The Labute approximate surface area is 87.0 Å². The zero-order chi connectivity index (χ0) is 11.0. The van der Waals surface area contributed by atoms with Crippen LogP contribution in [-0.4, -0.2) is 18.6 Å². The van der Waals surface area contributed by atoms with E-state index in [1.54, 1.807) is 0 Å². The van der Waals surface area contributed by atoms with E-state index in [0.717, 1.165) is 19.3 Å². The Morgan fingerprint density at radius 2 is 1.86 bits per heavy atom. The number of ether oxygens (including phenoxy) is 1. The summed E-state index contributed by atoms with van der Waals surface area (Å²) in [5.41, 5.74) is 5.61. The highest BCUT2D eigenvalue weighted by molar-refractivity contribution is 5.75. The lowest BCUT2D eigenvalue weighted by Gasteiger charge is -2.13. The lowest BCUT2D eigenvalue weighted by molar-refractivity contribution is -0.146. The van der Waals surface area contributed by atoms with Crippen molar-refractivity contribution in [2.24, 2.45) is 11.7 Å². The van der Waals surface area contributed by atoms with E-state index >= 15 is 0 Å². The molecule has 3 nitrogen and oxygen atoms in total. The Kier molecular flexibility index (Phi) is 7.48. The van der Waals surface area contributed by atoms with Gasteiger partial charge in [-0.2, -0.15) is 0 Å². The molecular formula is C11H23NO2. The van der Waals surface area contributed by atoms with Crippen LogP contribution in [0.25, 0.3) is 0 Å². The average molecular weight is 201 g/mol. The fraction of sp³-hybridized carbons (Fsp3) is 0.909. The maximum atomic E-state index is 11.3. The summed E-state index contributed by atoms with van der Waals surface area (Å²) in [4.78, 5) is 11.3. The molecule has 0 aliphatic heterocycles. The molecule has 0 saturated heterocycles. The Balaban J connectivity index is 3.61. The first-order chi connectivity index (χ1) is 6.61. The summed E-state index contributed by atoms with van der Waals surface area (Å²) in [5, 5.41) is 0. The molecule has 0 rings (SSSR count). The molecule has 2 N–H and O–H groups in total. The van der Waals surface area contributed by atoms with E-state index in [0.29, 0.717) is 18.9 Å². The second-order valence-corrected chi connectivity index (χ2v) is 3.92. The molecule has 0 aliphatic rings. The first-order valence-electron chi connectivity index (χ1n) is 5.54. The van der Waals surface area contributed by atoms with Gasteiger partial charge in [0.2, 0.25) is 0 Å². The summed E-state index contributed by atoms with van der Waals surface area (Å²) in [6.45, 7) is 6.72. The van der Waals surface area contributed by atoms with Crippen molar-refractivity contribution in [3.05, 3.63) is 0 Å². The molecular weight excluding hydrogens is 178 g/mol. The van der Waals surface area contributed by atoms with Gasteiger partial charge in [-0.1, -0.05) is 33.6 Å². The predicted molar refractivity (Wildman–Crippen MR) is 57.9 cm³/mol. The summed E-state index contributed by atoms with van der Waals surface area (Å²) in [5.74, 6) is 0.188. The van der Waals surface area contributed by atoms with Crippen LogP contribution in [0.3, 0.4) is 0 Å². The van der Waals surface area contributed by atoms with Crippen molar-refractivity contribution in [1.29, 1.82) is 0 Å². The highest BCUT2D eigenvalue weighted by Crippen LogP contribution is 2.06. The van der Waals surface area contributed by atoms with Gasteiger partial charge in [-0.3, -0.25) is 4.79 Å². The molecule has 2 unspecified atom stereocenters. The van der Waals surface area contributed by atoms with Crippen molar-refractivity contribution in [2.75, 3.05) is 6.61 Å². The minimum Gasteiger partial charge on any atom is -0.464 e. The maximum absolute atomic E-state index is 11.3. The first kappa shape index (κ1) is 13.4. The quantitative estimate of drug-likeness (QED) is 0.642. The van der Waals surface area contributed by atoms with Gasteiger partial charge in [0.05, 0.1) is 6.61 Å². The molecule has 0 radical (unpaired) electrons. The smallest absolute Gasteiger partial charge is 0.322 e. The molecule has 0 aromatic rings. The normalized spacial score (nSPS) is 14.9. The number of nitrogens with two attached hydrogens (primary N) is 1. The average Bonchev–Trinajstić information content (AvgIpc) is 2.15. The Morgan fingerprint density at radius 1 is 1.29 bits per heavy atom. The molecule has 0 aromatic heterocycles. The van der Waals surface area contributed by atoms with Gasteiger partial charge >= 0.3 is 5.97 Å². The molecule has 84 valence electrons. The van der Waals surface area contributed by atoms with Gasteiger partial charge in [-0.15, -0.1) is 0 Å². The molecule has 0 spiro atoms. The Bertz CT molecular complexity index is 159. The molecule has 14 heavy (non-hydrogen) atoms. The van der Waals surface area contributed by atoms with Crippen molar-refractivity contribution in [2.45, 2.75) is 52.5 Å². The van der Waals surface area contributed by atoms with E-state index in [-0.39, 0.29) is 5.97 Å². The van der Waals surface area contributed by atoms with Crippen LogP contribution in [0.5, 0.6) is 0 Å². The molecule has 0 aliphatic carbocycles. The van der Waals surface area contributed by atoms with Crippen molar-refractivity contribution in [3.63, 3.8) is 0 Å². The first-order valence-corrected chi connectivity index (χ1v) is 5.54. The van der Waals surface area contributed by atoms with E-state index in [4.69, 9.17) is 10.5 Å². The van der Waals surface area contributed by atoms with Crippen LogP contribution >= 0.6 is 0 Å². The SMILES string of the molecule is CCCC(C)COC(=O)C(N)CCC. The molecule has 2 atom stereocenters. The molecule has 0 bridgehead atoms. The van der Waals surface area contributed by atoms with Gasteiger partial charge in [0.25, 0.3) is 0 Å². The summed E-state index contributed by atoms with van der Waals surface area (Å²) in [6.07, 6.45) is 3.85. The highest BCUT2D eigenvalue weighted by Gasteiger charge is 2.14. The van der Waals surface area contributed by atoms with Crippen LogP contribution in [0.1, 0.15) is 46.5 Å². The van der Waals surface area contributed by atoms with Crippen LogP contribution in [0, 0.1) is 5.92 Å². The van der Waals surface area contributed by atoms with Gasteiger partial charge in [0.1, 0.15) is 6.04 Å². The van der Waals surface area contributed by atoms with Crippen molar-refractivity contribution >= 4 is 5.97 Å². The third kappa shape index (κ3) is 5.97. The van der Waals surface area contributed by atoms with Crippen LogP contribution in [0.4, 0.5) is 0 Å². The minimum absolute atomic E-state index is 0.255. The van der Waals surface area contributed by atoms with Crippen molar-refractivity contribution < 1.29 is 9.53 Å². The third-order valence-electron chi connectivity index (χ3n) is 2.19. The number of esters is 1. The number of carbonyl (C=O) groups is 1. The van der Waals surface area contributed by atoms with E-state index in [9.17, 15) is 4.79 Å². The van der Waals surface area contributed by atoms with Crippen molar-refractivity contribution in [1.82, 2.24) is 0 Å². The predicted octanol–water partition coefficient (Wildman–Crippen LogP) is 2.09. The molecule has 0 saturated carbocycles. The summed E-state index contributed by atoms with van der Waals surface area (Å²) in [7, 11) is 0. The van der Waals surface area contributed by atoms with Crippen LogP contribution in [0.2, 0.25) is 0 Å². The van der Waals surface area contributed by atoms with Crippen LogP contribution in [-0.2, 0) is 9.53 Å². The maximum Gasteiger partial charge on any atom is 0.322 e. The second-order valence-electron chi connectivity index (χ2n) is 3.92. The Hall–Kier alpha value is -0.570. The number of hydrogen-bond acceptors (Lipinski definition) is 3. The summed E-state index contributed by atoms with van der Waals surface area (Å²) in [6, 6.07) is -0.436. The molecule has 0 fully saturated rings. The zero-order valence-electron chi connectivity index (χ0n) is 9.58. The monoisotopic (exact) mass is 201 g/mol. The number of rotatable bonds is 7. The zero-order valence-corrected chi connectivity index (χ0v) is 9.58. The fourth-order valence-electron chi connectivity index (χ4n) is 1.34. The topological polar surface area (TPSA) is 52.3 Å². The van der Waals surface area contributed by atoms with Crippen LogP contribution < -0.4 is 5.73 Å². The second kappa shape index (κ2) is 7.80. The largest absolute Gasteiger partial charge is 0.464 e. The van der Waals surface area contributed by atoms with Gasteiger partial charge in [0.15, 0.2) is 0 Å². The lowest BCUT2D eigenvalue weighted by Crippen LogP contribution is -2.32. The van der Waals surface area contributed by atoms with Gasteiger partial charge in [0, 0.05) is 0 Å². The van der Waals surface area contributed by atoms with Crippen LogP contribution in [0.15, 0.2) is 0 Å². The number of carbonyl (C=O) groups excluding carboxylic acids is 1. The molecule has 3 heteroatoms. The van der Waals surface area contributed by atoms with E-state index in [1.807, 2.05) is 6.92 Å². The number of hydrogen-bond donors (Lipinski definition) is 1. The Morgan fingerprint density at radius 3 is 2.36 bits per heavy atom. The van der Waals surface area contributed by atoms with E-state index in [1.165, 1.54) is 0 Å². The summed E-state index contributed by atoms with van der Waals surface area (Å²) < 4.78 is 5.11. The van der Waals surface area contributed by atoms with Crippen molar-refractivity contribution in [3.8, 4) is 0 Å². The summed E-state index contributed by atoms with van der Waals surface area (Å²) >= 11 is 0. The molecule has 0 amide bonds. The molecule has 0 heterocycles. The lowest BCUT2D eigenvalue weighted by atomic mass is 10.1.